The lowest BCUT2D eigenvalue weighted by atomic mass is 10.2. The SMILES string of the molecule is CSCCC(CO)NCc1ccc(Br)cc1. The lowest BCUT2D eigenvalue weighted by Gasteiger charge is -2.15. The van der Waals surface area contributed by atoms with Gasteiger partial charge in [0.2, 0.25) is 0 Å². The Kier molecular flexibility index (Phi) is 7.12. The van der Waals surface area contributed by atoms with Crippen molar-refractivity contribution in [1.82, 2.24) is 5.32 Å². The highest BCUT2D eigenvalue weighted by Crippen LogP contribution is 2.10. The third-order valence-electron chi connectivity index (χ3n) is 2.40. The summed E-state index contributed by atoms with van der Waals surface area (Å²) in [5.74, 6) is 1.08. The largest absolute Gasteiger partial charge is 0.395 e. The van der Waals surface area contributed by atoms with E-state index in [2.05, 4.69) is 39.6 Å². The molecule has 0 bridgehead atoms. The van der Waals surface area contributed by atoms with Crippen molar-refractivity contribution in [3.05, 3.63) is 34.3 Å². The predicted molar refractivity (Wildman–Crippen MR) is 74.9 cm³/mol. The summed E-state index contributed by atoms with van der Waals surface area (Å²) in [6, 6.07) is 8.44. The molecule has 1 atom stereocenters. The van der Waals surface area contributed by atoms with Gasteiger partial charge in [0.1, 0.15) is 0 Å². The van der Waals surface area contributed by atoms with Crippen LogP contribution in [0.25, 0.3) is 0 Å². The van der Waals surface area contributed by atoms with Crippen LogP contribution in [0.4, 0.5) is 0 Å². The first-order chi connectivity index (χ1) is 7.76. The molecule has 0 saturated heterocycles. The first kappa shape index (κ1) is 14.0. The lowest BCUT2D eigenvalue weighted by molar-refractivity contribution is 0.239. The summed E-state index contributed by atoms with van der Waals surface area (Å²) in [4.78, 5) is 0. The molecule has 4 heteroatoms. The number of halogens is 1. The summed E-state index contributed by atoms with van der Waals surface area (Å²) in [6.07, 6.45) is 3.09. The van der Waals surface area contributed by atoms with Gasteiger partial charge in [-0.1, -0.05) is 28.1 Å². The molecule has 1 unspecified atom stereocenters. The highest BCUT2D eigenvalue weighted by molar-refractivity contribution is 9.10. The normalized spacial score (nSPS) is 12.7. The quantitative estimate of drug-likeness (QED) is 0.812. The number of hydrogen-bond acceptors (Lipinski definition) is 3. The predicted octanol–water partition coefficient (Wildman–Crippen LogP) is 2.65. The third kappa shape index (κ3) is 5.34. The van der Waals surface area contributed by atoms with E-state index in [-0.39, 0.29) is 12.6 Å². The standard InChI is InChI=1S/C12H18BrNOS/c1-16-7-6-12(9-15)14-8-10-2-4-11(13)5-3-10/h2-5,12,14-15H,6-9H2,1H3. The Morgan fingerprint density at radius 2 is 2.06 bits per heavy atom. The van der Waals surface area contributed by atoms with Gasteiger partial charge in [-0.3, -0.25) is 0 Å². The van der Waals surface area contributed by atoms with E-state index >= 15 is 0 Å². The number of thioether (sulfide) groups is 1. The van der Waals surface area contributed by atoms with Crippen molar-refractivity contribution in [1.29, 1.82) is 0 Å². The maximum absolute atomic E-state index is 9.20. The van der Waals surface area contributed by atoms with E-state index in [1.807, 2.05) is 23.9 Å². The Bertz CT molecular complexity index is 292. The topological polar surface area (TPSA) is 32.3 Å². The van der Waals surface area contributed by atoms with Crippen LogP contribution in [0.1, 0.15) is 12.0 Å². The van der Waals surface area contributed by atoms with Crippen molar-refractivity contribution in [2.24, 2.45) is 0 Å². The molecule has 0 aliphatic heterocycles. The Morgan fingerprint density at radius 3 is 2.62 bits per heavy atom. The first-order valence-electron chi connectivity index (χ1n) is 5.34. The summed E-state index contributed by atoms with van der Waals surface area (Å²) in [6.45, 7) is 1.02. The van der Waals surface area contributed by atoms with E-state index < -0.39 is 0 Å². The molecule has 90 valence electrons. The summed E-state index contributed by atoms with van der Waals surface area (Å²) >= 11 is 5.22. The van der Waals surface area contributed by atoms with Gasteiger partial charge in [0, 0.05) is 17.1 Å². The second-order valence-electron chi connectivity index (χ2n) is 3.67. The fourth-order valence-corrected chi connectivity index (χ4v) is 2.17. The van der Waals surface area contributed by atoms with Crippen molar-refractivity contribution in [2.45, 2.75) is 19.0 Å². The molecule has 0 heterocycles. The summed E-state index contributed by atoms with van der Waals surface area (Å²) in [5.41, 5.74) is 1.24. The van der Waals surface area contributed by atoms with Crippen LogP contribution in [-0.2, 0) is 6.54 Å². The van der Waals surface area contributed by atoms with Crippen LogP contribution in [0.5, 0.6) is 0 Å². The highest BCUT2D eigenvalue weighted by Gasteiger charge is 2.05. The Balaban J connectivity index is 2.34. The molecular weight excluding hydrogens is 286 g/mol. The Labute approximate surface area is 110 Å². The van der Waals surface area contributed by atoms with Gasteiger partial charge in [0.05, 0.1) is 6.61 Å². The smallest absolute Gasteiger partial charge is 0.0585 e. The molecule has 1 aromatic carbocycles. The van der Waals surface area contributed by atoms with Crippen LogP contribution in [-0.4, -0.2) is 29.8 Å². The van der Waals surface area contributed by atoms with E-state index in [1.54, 1.807) is 0 Å². The van der Waals surface area contributed by atoms with Crippen LogP contribution >= 0.6 is 27.7 Å². The van der Waals surface area contributed by atoms with Gasteiger partial charge < -0.3 is 10.4 Å². The van der Waals surface area contributed by atoms with Crippen LogP contribution in [0.2, 0.25) is 0 Å². The molecule has 2 nitrogen and oxygen atoms in total. The fraction of sp³-hybridized carbons (Fsp3) is 0.500. The molecule has 2 N–H and O–H groups in total. The molecule has 0 fully saturated rings. The van der Waals surface area contributed by atoms with Gasteiger partial charge in [0.15, 0.2) is 0 Å². The number of benzene rings is 1. The maximum atomic E-state index is 9.20. The summed E-state index contributed by atoms with van der Waals surface area (Å²) in [7, 11) is 0. The van der Waals surface area contributed by atoms with Gasteiger partial charge in [-0.2, -0.15) is 11.8 Å². The van der Waals surface area contributed by atoms with Gasteiger partial charge in [-0.25, -0.2) is 0 Å². The van der Waals surface area contributed by atoms with Crippen molar-refractivity contribution in [2.75, 3.05) is 18.6 Å². The molecule has 0 amide bonds. The van der Waals surface area contributed by atoms with Crippen molar-refractivity contribution < 1.29 is 5.11 Å². The van der Waals surface area contributed by atoms with Crippen LogP contribution < -0.4 is 5.32 Å². The average Bonchev–Trinajstić information content (AvgIpc) is 2.32. The summed E-state index contributed by atoms with van der Waals surface area (Å²) < 4.78 is 1.09. The first-order valence-corrected chi connectivity index (χ1v) is 7.52. The number of aliphatic hydroxyl groups is 1. The maximum Gasteiger partial charge on any atom is 0.0585 e. The molecule has 0 radical (unpaired) electrons. The molecule has 1 aromatic rings. The molecule has 0 spiro atoms. The zero-order chi connectivity index (χ0) is 11.8. The Morgan fingerprint density at radius 1 is 1.38 bits per heavy atom. The Hall–Kier alpha value is -0.0300. The molecule has 0 aliphatic carbocycles. The van der Waals surface area contributed by atoms with Crippen LogP contribution in [0, 0.1) is 0 Å². The number of aliphatic hydroxyl groups excluding tert-OH is 1. The number of nitrogens with one attached hydrogen (secondary N) is 1. The minimum atomic E-state index is 0.205. The average molecular weight is 304 g/mol. The summed E-state index contributed by atoms with van der Waals surface area (Å²) in [5, 5.41) is 12.6. The highest BCUT2D eigenvalue weighted by atomic mass is 79.9. The molecule has 0 saturated carbocycles. The van der Waals surface area contributed by atoms with E-state index in [1.165, 1.54) is 5.56 Å². The van der Waals surface area contributed by atoms with Crippen molar-refractivity contribution in [3.8, 4) is 0 Å². The van der Waals surface area contributed by atoms with Gasteiger partial charge >= 0.3 is 0 Å². The van der Waals surface area contributed by atoms with E-state index in [4.69, 9.17) is 0 Å². The zero-order valence-corrected chi connectivity index (χ0v) is 11.9. The number of rotatable bonds is 7. The van der Waals surface area contributed by atoms with Gasteiger partial charge in [-0.15, -0.1) is 0 Å². The van der Waals surface area contributed by atoms with Crippen LogP contribution in [0.3, 0.4) is 0 Å². The van der Waals surface area contributed by atoms with Gasteiger partial charge in [-0.05, 0) is 36.1 Å². The molecule has 1 rings (SSSR count). The third-order valence-corrected chi connectivity index (χ3v) is 3.57. The van der Waals surface area contributed by atoms with E-state index in [0.29, 0.717) is 0 Å². The van der Waals surface area contributed by atoms with Crippen molar-refractivity contribution in [3.63, 3.8) is 0 Å². The lowest BCUT2D eigenvalue weighted by Crippen LogP contribution is -2.32. The monoisotopic (exact) mass is 303 g/mol. The zero-order valence-electron chi connectivity index (χ0n) is 9.45. The fourth-order valence-electron chi connectivity index (χ4n) is 1.38. The van der Waals surface area contributed by atoms with Crippen LogP contribution in [0.15, 0.2) is 28.7 Å². The molecule has 16 heavy (non-hydrogen) atoms. The molecular formula is C12H18BrNOS. The second kappa shape index (κ2) is 8.12. The van der Waals surface area contributed by atoms with Crippen molar-refractivity contribution >= 4 is 27.7 Å². The number of hydrogen-bond donors (Lipinski definition) is 2. The minimum Gasteiger partial charge on any atom is -0.395 e. The van der Waals surface area contributed by atoms with E-state index in [0.717, 1.165) is 23.2 Å². The minimum absolute atomic E-state index is 0.205. The van der Waals surface area contributed by atoms with E-state index in [9.17, 15) is 5.11 Å². The second-order valence-corrected chi connectivity index (χ2v) is 5.57. The molecule has 0 aliphatic rings. The van der Waals surface area contributed by atoms with Gasteiger partial charge in [0.25, 0.3) is 0 Å². The molecule has 0 aromatic heterocycles.